The minimum Gasteiger partial charge on any atom is -0.370 e. The first-order chi connectivity index (χ1) is 9.65. The van der Waals surface area contributed by atoms with Crippen molar-refractivity contribution in [3.05, 3.63) is 34.9 Å². The van der Waals surface area contributed by atoms with Crippen molar-refractivity contribution in [3.63, 3.8) is 0 Å². The van der Waals surface area contributed by atoms with Crippen LogP contribution in [0.4, 0.5) is 0 Å². The summed E-state index contributed by atoms with van der Waals surface area (Å²) in [6.07, 6.45) is 2.38. The number of hydrogen-bond donors (Lipinski definition) is 0. The van der Waals surface area contributed by atoms with Crippen LogP contribution >= 0.6 is 11.6 Å². The number of amides is 1. The summed E-state index contributed by atoms with van der Waals surface area (Å²) in [5, 5.41) is 0.722. The van der Waals surface area contributed by atoms with Crippen molar-refractivity contribution < 1.29 is 9.53 Å². The zero-order valence-corrected chi connectivity index (χ0v) is 12.5. The zero-order chi connectivity index (χ0) is 14.1. The maximum Gasteiger partial charge on any atom is 0.225 e. The van der Waals surface area contributed by atoms with Gasteiger partial charge in [0.15, 0.2) is 0 Å². The van der Waals surface area contributed by atoms with Gasteiger partial charge in [-0.1, -0.05) is 30.7 Å². The molecule has 1 amide bonds. The summed E-state index contributed by atoms with van der Waals surface area (Å²) in [5.41, 5.74) is 1.09. The highest BCUT2D eigenvalue weighted by Gasteiger charge is 2.36. The highest BCUT2D eigenvalue weighted by atomic mass is 35.5. The molecule has 0 bridgehead atoms. The fraction of sp³-hybridized carbons (Fsp3) is 0.562. The first kappa shape index (κ1) is 13.9. The lowest BCUT2D eigenvalue weighted by Crippen LogP contribution is -2.44. The molecule has 1 aromatic carbocycles. The number of carbonyl (C=O) groups is 1. The summed E-state index contributed by atoms with van der Waals surface area (Å²) < 4.78 is 5.80. The lowest BCUT2D eigenvalue weighted by Gasteiger charge is -2.34. The van der Waals surface area contributed by atoms with Crippen molar-refractivity contribution in [3.8, 4) is 0 Å². The molecule has 108 valence electrons. The van der Waals surface area contributed by atoms with Gasteiger partial charge in [-0.3, -0.25) is 4.79 Å². The van der Waals surface area contributed by atoms with Crippen molar-refractivity contribution in [1.29, 1.82) is 0 Å². The van der Waals surface area contributed by atoms with Crippen molar-refractivity contribution >= 4 is 17.5 Å². The van der Waals surface area contributed by atoms with Gasteiger partial charge in [0.25, 0.3) is 0 Å². The Labute approximate surface area is 124 Å². The third-order valence-electron chi connectivity index (χ3n) is 4.34. The van der Waals surface area contributed by atoms with E-state index in [-0.39, 0.29) is 17.9 Å². The van der Waals surface area contributed by atoms with Crippen LogP contribution in [0.15, 0.2) is 24.3 Å². The van der Waals surface area contributed by atoms with Crippen LogP contribution < -0.4 is 0 Å². The van der Waals surface area contributed by atoms with E-state index in [9.17, 15) is 4.79 Å². The molecule has 1 heterocycles. The summed E-state index contributed by atoms with van der Waals surface area (Å²) in [7, 11) is 0. The average Bonchev–Trinajstić information content (AvgIpc) is 3.31. The Bertz CT molecular complexity index is 484. The second-order valence-corrected chi connectivity index (χ2v) is 6.26. The highest BCUT2D eigenvalue weighted by Crippen LogP contribution is 2.38. The Morgan fingerprint density at radius 3 is 2.70 bits per heavy atom. The molecule has 1 saturated carbocycles. The van der Waals surface area contributed by atoms with E-state index in [1.165, 1.54) is 12.8 Å². The van der Waals surface area contributed by atoms with Gasteiger partial charge >= 0.3 is 0 Å². The van der Waals surface area contributed by atoms with E-state index in [2.05, 4.69) is 6.92 Å². The Morgan fingerprint density at radius 1 is 1.35 bits per heavy atom. The molecule has 0 N–H and O–H groups in total. The lowest BCUT2D eigenvalue weighted by molar-refractivity contribution is -0.143. The van der Waals surface area contributed by atoms with Gasteiger partial charge in [-0.25, -0.2) is 0 Å². The summed E-state index contributed by atoms with van der Waals surface area (Å²) in [6.45, 7) is 4.03. The quantitative estimate of drug-likeness (QED) is 0.856. The molecule has 0 aromatic heterocycles. The van der Waals surface area contributed by atoms with Crippen molar-refractivity contribution in [2.24, 2.45) is 11.8 Å². The number of carbonyl (C=O) groups excluding carboxylic acids is 1. The molecule has 2 fully saturated rings. The van der Waals surface area contributed by atoms with Crippen LogP contribution in [0.2, 0.25) is 5.02 Å². The number of morpholine rings is 1. The lowest BCUT2D eigenvalue weighted by atomic mass is 10.0. The number of hydrogen-bond acceptors (Lipinski definition) is 2. The van der Waals surface area contributed by atoms with E-state index < -0.39 is 0 Å². The zero-order valence-electron chi connectivity index (χ0n) is 11.7. The van der Waals surface area contributed by atoms with Crippen molar-refractivity contribution in [2.45, 2.75) is 25.9 Å². The Hall–Kier alpha value is -1.06. The number of halogens is 1. The molecule has 1 saturated heterocycles. The van der Waals surface area contributed by atoms with Gasteiger partial charge < -0.3 is 9.64 Å². The van der Waals surface area contributed by atoms with E-state index in [0.717, 1.165) is 10.6 Å². The van der Waals surface area contributed by atoms with E-state index in [4.69, 9.17) is 16.3 Å². The fourth-order valence-electron chi connectivity index (χ4n) is 2.81. The highest BCUT2D eigenvalue weighted by molar-refractivity contribution is 6.30. The maximum absolute atomic E-state index is 12.5. The van der Waals surface area contributed by atoms with Gasteiger partial charge in [0.2, 0.25) is 5.91 Å². The third kappa shape index (κ3) is 2.99. The molecule has 1 aliphatic carbocycles. The van der Waals surface area contributed by atoms with Crippen LogP contribution in [0.25, 0.3) is 0 Å². The van der Waals surface area contributed by atoms with Gasteiger partial charge in [-0.2, -0.15) is 0 Å². The van der Waals surface area contributed by atoms with Crippen LogP contribution in [0.3, 0.4) is 0 Å². The van der Waals surface area contributed by atoms with E-state index in [1.807, 2.05) is 29.2 Å². The molecule has 0 radical (unpaired) electrons. The normalized spacial score (nSPS) is 24.5. The van der Waals surface area contributed by atoms with Crippen LogP contribution in [0, 0.1) is 11.8 Å². The summed E-state index contributed by atoms with van der Waals surface area (Å²) in [4.78, 5) is 14.4. The Kier molecular flexibility index (Phi) is 3.99. The minimum absolute atomic E-state index is 0.0311. The van der Waals surface area contributed by atoms with Gasteiger partial charge in [0.05, 0.1) is 13.2 Å². The Balaban J connectivity index is 1.66. The molecule has 20 heavy (non-hydrogen) atoms. The molecular formula is C16H20ClNO2. The van der Waals surface area contributed by atoms with E-state index >= 15 is 0 Å². The van der Waals surface area contributed by atoms with Crippen LogP contribution in [-0.2, 0) is 9.53 Å². The first-order valence-electron chi connectivity index (χ1n) is 7.31. The molecule has 2 unspecified atom stereocenters. The number of nitrogens with zero attached hydrogens (tertiary/aromatic N) is 1. The largest absolute Gasteiger partial charge is 0.370 e. The molecule has 3 nitrogen and oxygen atoms in total. The first-order valence-corrected chi connectivity index (χ1v) is 7.69. The minimum atomic E-state index is -0.0311. The van der Waals surface area contributed by atoms with E-state index in [1.54, 1.807) is 0 Å². The predicted octanol–water partition coefficient (Wildman–Crippen LogP) is 3.29. The molecule has 3 rings (SSSR count). The molecule has 4 heteroatoms. The molecule has 0 spiro atoms. The average molecular weight is 294 g/mol. The summed E-state index contributed by atoms with van der Waals surface area (Å²) in [5.74, 6) is 1.06. The Morgan fingerprint density at radius 2 is 2.05 bits per heavy atom. The van der Waals surface area contributed by atoms with Crippen LogP contribution in [0.5, 0.6) is 0 Å². The molecule has 2 atom stereocenters. The van der Waals surface area contributed by atoms with Crippen molar-refractivity contribution in [2.75, 3.05) is 19.7 Å². The fourth-order valence-corrected chi connectivity index (χ4v) is 2.94. The molecule has 1 aromatic rings. The third-order valence-corrected chi connectivity index (χ3v) is 4.59. The van der Waals surface area contributed by atoms with E-state index in [0.29, 0.717) is 25.6 Å². The summed E-state index contributed by atoms with van der Waals surface area (Å²) in [6, 6.07) is 7.69. The summed E-state index contributed by atoms with van der Waals surface area (Å²) >= 11 is 5.91. The molecule has 2 aliphatic rings. The van der Waals surface area contributed by atoms with Crippen LogP contribution in [-0.4, -0.2) is 30.5 Å². The SMILES string of the molecule is CC(C(=O)N1CCOC(c2ccc(Cl)cc2)C1)C1CC1. The standard InChI is InChI=1S/C16H20ClNO2/c1-11(12-2-3-12)16(19)18-8-9-20-15(10-18)13-4-6-14(17)7-5-13/h4-7,11-12,15H,2-3,8-10H2,1H3. The molecule has 1 aliphatic heterocycles. The second-order valence-electron chi connectivity index (χ2n) is 5.82. The monoisotopic (exact) mass is 293 g/mol. The van der Waals surface area contributed by atoms with Gasteiger partial charge in [0.1, 0.15) is 6.10 Å². The van der Waals surface area contributed by atoms with Gasteiger partial charge in [-0.05, 0) is 36.5 Å². The van der Waals surface area contributed by atoms with Crippen molar-refractivity contribution in [1.82, 2.24) is 4.90 Å². The smallest absolute Gasteiger partial charge is 0.225 e. The predicted molar refractivity (Wildman–Crippen MR) is 78.6 cm³/mol. The topological polar surface area (TPSA) is 29.5 Å². The van der Waals surface area contributed by atoms with Crippen LogP contribution in [0.1, 0.15) is 31.4 Å². The number of rotatable bonds is 3. The van der Waals surface area contributed by atoms with Gasteiger partial charge in [-0.15, -0.1) is 0 Å². The second kappa shape index (κ2) is 5.74. The maximum atomic E-state index is 12.5. The number of ether oxygens (including phenoxy) is 1. The molecular weight excluding hydrogens is 274 g/mol. The van der Waals surface area contributed by atoms with Gasteiger partial charge in [0, 0.05) is 17.5 Å². The number of benzene rings is 1.